The molecule has 46 valence electrons. The van der Waals surface area contributed by atoms with Crippen molar-refractivity contribution in [1.29, 1.82) is 0 Å². The van der Waals surface area contributed by atoms with Gasteiger partial charge in [-0.15, -0.1) is 0 Å². The molecule has 0 aromatic carbocycles. The lowest BCUT2D eigenvalue weighted by Crippen LogP contribution is -1.81. The van der Waals surface area contributed by atoms with Crippen molar-refractivity contribution in [2.45, 2.75) is 13.3 Å². The summed E-state index contributed by atoms with van der Waals surface area (Å²) in [5, 5.41) is 0. The summed E-state index contributed by atoms with van der Waals surface area (Å²) in [7, 11) is 0. The van der Waals surface area contributed by atoms with E-state index in [9.17, 15) is 0 Å². The maximum atomic E-state index is 6.45. The van der Waals surface area contributed by atoms with Gasteiger partial charge in [-0.25, -0.2) is 6.57 Å². The zero-order valence-corrected chi connectivity index (χ0v) is 6.00. The van der Waals surface area contributed by atoms with Gasteiger partial charge in [0.15, 0.2) is 0 Å². The van der Waals surface area contributed by atoms with Crippen molar-refractivity contribution in [3.05, 3.63) is 11.4 Å². The van der Waals surface area contributed by atoms with Gasteiger partial charge in [0, 0.05) is 12.2 Å². The smallest absolute Gasteiger partial charge is 0.215 e. The minimum atomic E-state index is 0.701. The Kier molecular flexibility index (Phi) is 6.70. The monoisotopic (exact) mass is 129 g/mol. The average molecular weight is 129 g/mol. The summed E-state index contributed by atoms with van der Waals surface area (Å²) in [6.07, 6.45) is 1.06. The lowest BCUT2D eigenvalue weighted by atomic mass is 10.5. The molecule has 0 fully saturated rings. The van der Waals surface area contributed by atoms with Crippen LogP contribution < -0.4 is 0 Å². The van der Waals surface area contributed by atoms with Crippen LogP contribution in [0.3, 0.4) is 0 Å². The Hall–Kier alpha value is -0.160. The molecular weight excluding hydrogens is 118 g/mol. The molecule has 8 heavy (non-hydrogen) atoms. The van der Waals surface area contributed by atoms with Crippen LogP contribution in [0.15, 0.2) is 0 Å². The average Bonchev–Trinajstić information content (AvgIpc) is 1.81. The van der Waals surface area contributed by atoms with E-state index in [-0.39, 0.29) is 0 Å². The van der Waals surface area contributed by atoms with Gasteiger partial charge in [-0.3, -0.25) is 0 Å². The van der Waals surface area contributed by atoms with Crippen molar-refractivity contribution >= 4 is 11.8 Å². The lowest BCUT2D eigenvalue weighted by molar-refractivity contribution is 1.05. The molecule has 0 N–H and O–H groups in total. The summed E-state index contributed by atoms with van der Waals surface area (Å²) in [5.74, 6) is 2.33. The van der Waals surface area contributed by atoms with E-state index >= 15 is 0 Å². The van der Waals surface area contributed by atoms with Gasteiger partial charge in [-0.2, -0.15) is 11.8 Å². The molecule has 0 saturated carbocycles. The zero-order valence-electron chi connectivity index (χ0n) is 5.18. The van der Waals surface area contributed by atoms with E-state index < -0.39 is 0 Å². The zero-order chi connectivity index (χ0) is 6.24. The van der Waals surface area contributed by atoms with E-state index in [2.05, 4.69) is 11.8 Å². The number of hydrogen-bond donors (Lipinski definition) is 0. The fourth-order valence-corrected chi connectivity index (χ4v) is 1.01. The summed E-state index contributed by atoms with van der Waals surface area (Å²) in [4.78, 5) is 3.24. The van der Waals surface area contributed by atoms with E-state index in [4.69, 9.17) is 6.57 Å². The van der Waals surface area contributed by atoms with Crippen LogP contribution >= 0.6 is 11.8 Å². The molecule has 0 radical (unpaired) electrons. The van der Waals surface area contributed by atoms with Crippen molar-refractivity contribution < 1.29 is 0 Å². The van der Waals surface area contributed by atoms with E-state index in [0.29, 0.717) is 6.54 Å². The highest BCUT2D eigenvalue weighted by atomic mass is 32.2. The number of hydrogen-bond acceptors (Lipinski definition) is 1. The van der Waals surface area contributed by atoms with Crippen LogP contribution in [0.4, 0.5) is 0 Å². The highest BCUT2D eigenvalue weighted by Crippen LogP contribution is 1.99. The third-order valence-corrected chi connectivity index (χ3v) is 1.75. The van der Waals surface area contributed by atoms with Crippen molar-refractivity contribution in [1.82, 2.24) is 0 Å². The number of nitrogens with zero attached hydrogens (tertiary/aromatic N) is 1. The fourth-order valence-electron chi connectivity index (χ4n) is 0.390. The van der Waals surface area contributed by atoms with Gasteiger partial charge in [-0.1, -0.05) is 6.92 Å². The minimum absolute atomic E-state index is 0.701. The molecule has 0 aliphatic rings. The molecule has 0 atom stereocenters. The van der Waals surface area contributed by atoms with Crippen LogP contribution in [0.25, 0.3) is 4.85 Å². The Labute approximate surface area is 55.3 Å². The van der Waals surface area contributed by atoms with Crippen LogP contribution in [0.2, 0.25) is 0 Å². The quantitative estimate of drug-likeness (QED) is 0.415. The molecule has 0 aliphatic carbocycles. The third kappa shape index (κ3) is 5.84. The predicted octanol–water partition coefficient (Wildman–Crippen LogP) is 2.05. The summed E-state index contributed by atoms with van der Waals surface area (Å²) >= 11 is 1.90. The van der Waals surface area contributed by atoms with Gasteiger partial charge in [0.1, 0.15) is 0 Å². The van der Waals surface area contributed by atoms with Crippen LogP contribution in [-0.4, -0.2) is 18.1 Å². The molecule has 0 heterocycles. The Morgan fingerprint density at radius 3 is 2.88 bits per heavy atom. The molecule has 0 spiro atoms. The van der Waals surface area contributed by atoms with Crippen LogP contribution in [-0.2, 0) is 0 Å². The van der Waals surface area contributed by atoms with Crippen molar-refractivity contribution in [2.75, 3.05) is 18.1 Å². The third-order valence-electron chi connectivity index (χ3n) is 0.763. The van der Waals surface area contributed by atoms with Gasteiger partial charge < -0.3 is 4.85 Å². The van der Waals surface area contributed by atoms with Gasteiger partial charge in [0.05, 0.1) is 0 Å². The predicted molar refractivity (Wildman–Crippen MR) is 39.1 cm³/mol. The maximum absolute atomic E-state index is 6.45. The molecule has 0 amide bonds. The second kappa shape index (κ2) is 6.84. The van der Waals surface area contributed by atoms with Gasteiger partial charge in [0.25, 0.3) is 0 Å². The first-order chi connectivity index (χ1) is 3.91. The minimum Gasteiger partial charge on any atom is -0.317 e. The first-order valence-electron chi connectivity index (χ1n) is 2.82. The number of thioether (sulfide) groups is 1. The molecule has 0 aliphatic heterocycles. The van der Waals surface area contributed by atoms with Crippen LogP contribution in [0, 0.1) is 6.57 Å². The fraction of sp³-hybridized carbons (Fsp3) is 0.833. The Morgan fingerprint density at radius 2 is 2.38 bits per heavy atom. The summed E-state index contributed by atoms with van der Waals surface area (Å²) < 4.78 is 0. The Morgan fingerprint density at radius 1 is 1.62 bits per heavy atom. The highest BCUT2D eigenvalue weighted by Gasteiger charge is 1.85. The Bertz CT molecular complexity index is 75.1. The van der Waals surface area contributed by atoms with Crippen LogP contribution in [0.5, 0.6) is 0 Å². The molecule has 2 heteroatoms. The van der Waals surface area contributed by atoms with E-state index in [0.717, 1.165) is 12.2 Å². The van der Waals surface area contributed by atoms with Crippen molar-refractivity contribution in [2.24, 2.45) is 0 Å². The molecule has 0 aromatic rings. The largest absolute Gasteiger partial charge is 0.317 e. The molecule has 0 unspecified atom stereocenters. The molecule has 0 bridgehead atoms. The molecule has 1 nitrogen and oxygen atoms in total. The first kappa shape index (κ1) is 7.84. The van der Waals surface area contributed by atoms with Crippen LogP contribution in [0.1, 0.15) is 13.3 Å². The highest BCUT2D eigenvalue weighted by molar-refractivity contribution is 7.99. The first-order valence-corrected chi connectivity index (χ1v) is 3.98. The van der Waals surface area contributed by atoms with Crippen molar-refractivity contribution in [3.63, 3.8) is 0 Å². The van der Waals surface area contributed by atoms with Gasteiger partial charge in [0.2, 0.25) is 6.54 Å². The second-order valence-corrected chi connectivity index (χ2v) is 2.83. The van der Waals surface area contributed by atoms with Crippen molar-refractivity contribution in [3.8, 4) is 0 Å². The maximum Gasteiger partial charge on any atom is 0.215 e. The second-order valence-electron chi connectivity index (χ2n) is 1.43. The SMILES string of the molecule is [C-]#[N+]CCCSCC. The molecule has 0 rings (SSSR count). The summed E-state index contributed by atoms with van der Waals surface area (Å²) in [6, 6.07) is 0. The van der Waals surface area contributed by atoms with E-state index in [1.165, 1.54) is 5.75 Å². The molecular formula is C6H11NS. The Balaban J connectivity index is 2.65. The van der Waals surface area contributed by atoms with Gasteiger partial charge in [-0.05, 0) is 5.75 Å². The number of rotatable bonds is 4. The summed E-state index contributed by atoms with van der Waals surface area (Å²) in [6.45, 7) is 9.30. The molecule has 0 aromatic heterocycles. The lowest BCUT2D eigenvalue weighted by Gasteiger charge is -1.88. The normalized spacial score (nSPS) is 8.50. The molecule has 0 saturated heterocycles. The summed E-state index contributed by atoms with van der Waals surface area (Å²) in [5.41, 5.74) is 0. The van der Waals surface area contributed by atoms with Gasteiger partial charge >= 0.3 is 0 Å². The standard InChI is InChI=1S/C6H11NS/c1-3-8-6-4-5-7-2/h3-6H2,1H3. The van der Waals surface area contributed by atoms with E-state index in [1.807, 2.05) is 11.8 Å². The topological polar surface area (TPSA) is 4.36 Å². The van der Waals surface area contributed by atoms with E-state index in [1.54, 1.807) is 0 Å².